The number of aryl methyl sites for hydroxylation is 1. The Morgan fingerprint density at radius 1 is 1.40 bits per heavy atom. The topological polar surface area (TPSA) is 128 Å². The van der Waals surface area contributed by atoms with Gasteiger partial charge in [0.2, 0.25) is 10.0 Å². The van der Waals surface area contributed by atoms with Gasteiger partial charge in [-0.3, -0.25) is 9.59 Å². The van der Waals surface area contributed by atoms with E-state index >= 15 is 0 Å². The van der Waals surface area contributed by atoms with Crippen molar-refractivity contribution in [2.75, 3.05) is 5.32 Å². The number of carbonyl (C=O) groups excluding carboxylic acids is 2. The molecular weight excluding hydrogens is 366 g/mol. The zero-order chi connectivity index (χ0) is 18.6. The molecular formula is C15H17N3O5S2. The summed E-state index contributed by atoms with van der Waals surface area (Å²) in [4.78, 5) is 27.9. The predicted octanol–water partition coefficient (Wildman–Crippen LogP) is 1.21. The van der Waals surface area contributed by atoms with Crippen LogP contribution in [-0.2, 0) is 30.8 Å². The fraction of sp³-hybridized carbons (Fsp3) is 0.267. The molecule has 2 aromatic rings. The molecule has 0 spiro atoms. The Balaban J connectivity index is 1.95. The van der Waals surface area contributed by atoms with Crippen molar-refractivity contribution in [1.29, 1.82) is 0 Å². The first-order valence-corrected chi connectivity index (χ1v) is 9.62. The third kappa shape index (κ3) is 5.62. The lowest BCUT2D eigenvalue weighted by Gasteiger charge is -2.13. The lowest BCUT2D eigenvalue weighted by molar-refractivity contribution is -0.152. The van der Waals surface area contributed by atoms with Gasteiger partial charge in [-0.2, -0.15) is 0 Å². The Morgan fingerprint density at radius 2 is 2.12 bits per heavy atom. The van der Waals surface area contributed by atoms with E-state index in [9.17, 15) is 18.0 Å². The van der Waals surface area contributed by atoms with Crippen LogP contribution in [0.4, 0.5) is 5.69 Å². The molecule has 3 N–H and O–H groups in total. The third-order valence-corrected chi connectivity index (χ3v) is 4.83. The van der Waals surface area contributed by atoms with E-state index in [1.807, 2.05) is 6.92 Å². The van der Waals surface area contributed by atoms with Gasteiger partial charge in [0.05, 0.1) is 22.0 Å². The fourth-order valence-corrected chi connectivity index (χ4v) is 3.10. The molecule has 1 aromatic carbocycles. The molecule has 10 heteroatoms. The molecule has 0 aliphatic heterocycles. The summed E-state index contributed by atoms with van der Waals surface area (Å²) >= 11 is 1.42. The highest BCUT2D eigenvalue weighted by atomic mass is 32.2. The number of hydrogen-bond donors (Lipinski definition) is 2. The molecule has 8 nitrogen and oxygen atoms in total. The molecule has 0 aliphatic rings. The molecule has 1 heterocycles. The lowest BCUT2D eigenvalue weighted by Crippen LogP contribution is -2.30. The standard InChI is InChI=1S/C15H17N3O5S2/c1-9(23-14(19)7-12-8-24-10(2)17-12)15(20)18-11-4-3-5-13(6-11)25(16,21)22/h3-6,8-9H,7H2,1-2H3,(H,18,20)(H2,16,21,22). The number of rotatable bonds is 6. The van der Waals surface area contributed by atoms with Gasteiger partial charge in [-0.15, -0.1) is 11.3 Å². The molecule has 0 saturated heterocycles. The highest BCUT2D eigenvalue weighted by Crippen LogP contribution is 2.15. The van der Waals surface area contributed by atoms with Crippen LogP contribution in [0.1, 0.15) is 17.6 Å². The van der Waals surface area contributed by atoms with E-state index in [4.69, 9.17) is 9.88 Å². The van der Waals surface area contributed by atoms with Gasteiger partial charge in [-0.05, 0) is 32.0 Å². The van der Waals surface area contributed by atoms with Crippen molar-refractivity contribution in [3.63, 3.8) is 0 Å². The summed E-state index contributed by atoms with van der Waals surface area (Å²) < 4.78 is 27.7. The normalized spacial score (nSPS) is 12.4. The van der Waals surface area contributed by atoms with Gasteiger partial charge in [0.25, 0.3) is 5.91 Å². The number of nitrogens with zero attached hydrogens (tertiary/aromatic N) is 1. The van der Waals surface area contributed by atoms with Crippen LogP contribution in [0.25, 0.3) is 0 Å². The summed E-state index contributed by atoms with van der Waals surface area (Å²) in [6.07, 6.45) is -1.08. The molecule has 1 aromatic heterocycles. The minimum atomic E-state index is -3.88. The molecule has 0 saturated carbocycles. The second kappa shape index (κ2) is 7.72. The van der Waals surface area contributed by atoms with E-state index in [-0.39, 0.29) is 17.0 Å². The Kier molecular flexibility index (Phi) is 5.88. The van der Waals surface area contributed by atoms with Crippen molar-refractivity contribution in [1.82, 2.24) is 4.98 Å². The first-order valence-electron chi connectivity index (χ1n) is 7.19. The number of sulfonamides is 1. The number of benzene rings is 1. The second-order valence-corrected chi connectivity index (χ2v) is 7.85. The summed E-state index contributed by atoms with van der Waals surface area (Å²) in [6.45, 7) is 3.24. The van der Waals surface area contributed by atoms with E-state index in [0.717, 1.165) is 5.01 Å². The number of hydrogen-bond acceptors (Lipinski definition) is 7. The number of aromatic nitrogens is 1. The number of esters is 1. The minimum absolute atomic E-state index is 0.0249. The highest BCUT2D eigenvalue weighted by molar-refractivity contribution is 7.89. The quantitative estimate of drug-likeness (QED) is 0.722. The maximum Gasteiger partial charge on any atom is 0.312 e. The van der Waals surface area contributed by atoms with Crippen molar-refractivity contribution in [2.45, 2.75) is 31.3 Å². The summed E-state index contributed by atoms with van der Waals surface area (Å²) in [5.74, 6) is -1.17. The van der Waals surface area contributed by atoms with Crippen molar-refractivity contribution in [3.05, 3.63) is 40.3 Å². The van der Waals surface area contributed by atoms with Crippen LogP contribution in [0.5, 0.6) is 0 Å². The highest BCUT2D eigenvalue weighted by Gasteiger charge is 2.19. The van der Waals surface area contributed by atoms with Gasteiger partial charge in [-0.25, -0.2) is 18.5 Å². The summed E-state index contributed by atoms with van der Waals surface area (Å²) in [5.41, 5.74) is 0.815. The van der Waals surface area contributed by atoms with Crippen LogP contribution in [-0.4, -0.2) is 31.4 Å². The van der Waals surface area contributed by atoms with Gasteiger partial charge in [0.1, 0.15) is 0 Å². The molecule has 1 atom stereocenters. The van der Waals surface area contributed by atoms with Crippen molar-refractivity contribution in [3.8, 4) is 0 Å². The maximum absolute atomic E-state index is 12.1. The van der Waals surface area contributed by atoms with Gasteiger partial charge in [-0.1, -0.05) is 6.07 Å². The Labute approximate surface area is 149 Å². The van der Waals surface area contributed by atoms with Crippen LogP contribution in [0, 0.1) is 6.92 Å². The number of nitrogens with one attached hydrogen (secondary N) is 1. The molecule has 1 amide bonds. The fourth-order valence-electron chi connectivity index (χ4n) is 1.92. The molecule has 1 unspecified atom stereocenters. The molecule has 0 bridgehead atoms. The van der Waals surface area contributed by atoms with Crippen LogP contribution >= 0.6 is 11.3 Å². The number of primary sulfonamides is 1. The first kappa shape index (κ1) is 19.0. The summed E-state index contributed by atoms with van der Waals surface area (Å²) in [7, 11) is -3.88. The Bertz CT molecular complexity index is 892. The Morgan fingerprint density at radius 3 is 2.72 bits per heavy atom. The van der Waals surface area contributed by atoms with Crippen molar-refractivity contribution >= 4 is 38.9 Å². The molecule has 0 aliphatic carbocycles. The van der Waals surface area contributed by atoms with Gasteiger partial charge in [0, 0.05) is 11.1 Å². The van der Waals surface area contributed by atoms with Crippen LogP contribution in [0.2, 0.25) is 0 Å². The lowest BCUT2D eigenvalue weighted by atomic mass is 10.3. The van der Waals surface area contributed by atoms with Gasteiger partial charge in [0.15, 0.2) is 6.10 Å². The van der Waals surface area contributed by atoms with Crippen molar-refractivity contribution < 1.29 is 22.7 Å². The molecule has 25 heavy (non-hydrogen) atoms. The van der Waals surface area contributed by atoms with E-state index in [2.05, 4.69) is 10.3 Å². The number of amides is 1. The predicted molar refractivity (Wildman–Crippen MR) is 92.6 cm³/mol. The zero-order valence-electron chi connectivity index (χ0n) is 13.6. The first-order chi connectivity index (χ1) is 11.6. The average molecular weight is 383 g/mol. The second-order valence-electron chi connectivity index (χ2n) is 5.23. The number of thiazole rings is 1. The average Bonchev–Trinajstić information content (AvgIpc) is 2.91. The Hall–Kier alpha value is -2.30. The van der Waals surface area contributed by atoms with E-state index < -0.39 is 28.0 Å². The number of nitrogens with two attached hydrogens (primary N) is 1. The zero-order valence-corrected chi connectivity index (χ0v) is 15.2. The van der Waals surface area contributed by atoms with Crippen molar-refractivity contribution in [2.24, 2.45) is 5.14 Å². The van der Waals surface area contributed by atoms with Crippen LogP contribution in [0.15, 0.2) is 34.5 Å². The van der Waals surface area contributed by atoms with Crippen LogP contribution in [0.3, 0.4) is 0 Å². The summed E-state index contributed by atoms with van der Waals surface area (Å²) in [5, 5.41) is 10.1. The third-order valence-electron chi connectivity index (χ3n) is 3.10. The molecule has 0 fully saturated rings. The van der Waals surface area contributed by atoms with Gasteiger partial charge < -0.3 is 10.1 Å². The SMILES string of the molecule is Cc1nc(CC(=O)OC(C)C(=O)Nc2cccc(S(N)(=O)=O)c2)cs1. The molecule has 2 rings (SSSR count). The van der Waals surface area contributed by atoms with Gasteiger partial charge >= 0.3 is 5.97 Å². The molecule has 0 radical (unpaired) electrons. The monoisotopic (exact) mass is 383 g/mol. The van der Waals surface area contributed by atoms with E-state index in [1.165, 1.54) is 42.5 Å². The van der Waals surface area contributed by atoms with Crippen LogP contribution < -0.4 is 10.5 Å². The number of ether oxygens (including phenoxy) is 1. The minimum Gasteiger partial charge on any atom is -0.452 e. The van der Waals surface area contributed by atoms with E-state index in [1.54, 1.807) is 5.38 Å². The molecule has 134 valence electrons. The van der Waals surface area contributed by atoms with E-state index in [0.29, 0.717) is 5.69 Å². The smallest absolute Gasteiger partial charge is 0.312 e. The summed E-state index contributed by atoms with van der Waals surface area (Å²) in [6, 6.07) is 5.47. The number of carbonyl (C=O) groups is 2. The maximum atomic E-state index is 12.1. The largest absolute Gasteiger partial charge is 0.452 e. The number of anilines is 1.